The fraction of sp³-hybridized carbons (Fsp3) is 1.00. The third-order valence-electron chi connectivity index (χ3n) is 2.64. The van der Waals surface area contributed by atoms with E-state index in [1.807, 2.05) is 0 Å². The molecule has 0 aromatic heterocycles. The van der Waals surface area contributed by atoms with Crippen molar-refractivity contribution in [1.29, 1.82) is 0 Å². The lowest BCUT2D eigenvalue weighted by Gasteiger charge is -2.45. The van der Waals surface area contributed by atoms with E-state index in [0.29, 0.717) is 4.75 Å². The van der Waals surface area contributed by atoms with E-state index >= 15 is 0 Å². The van der Waals surface area contributed by atoms with Crippen LogP contribution in [0.1, 0.15) is 27.7 Å². The summed E-state index contributed by atoms with van der Waals surface area (Å²) in [6.45, 7) is 10.3. The third kappa shape index (κ3) is 1.32. The van der Waals surface area contributed by atoms with Gasteiger partial charge in [-0.1, -0.05) is 0 Å². The molecule has 0 atom stereocenters. The first-order chi connectivity index (χ1) is 4.46. The van der Waals surface area contributed by atoms with Crippen LogP contribution in [0.2, 0.25) is 0 Å². The molecular weight excluding hydrogens is 142 g/mol. The van der Waals surface area contributed by atoms with Gasteiger partial charge in [-0.2, -0.15) is 11.8 Å². The van der Waals surface area contributed by atoms with Crippen LogP contribution in [0.4, 0.5) is 0 Å². The molecule has 1 nitrogen and oxygen atoms in total. The second kappa shape index (κ2) is 2.42. The number of thioether (sulfide) groups is 1. The lowest BCUT2D eigenvalue weighted by molar-refractivity contribution is 0.315. The van der Waals surface area contributed by atoms with Crippen molar-refractivity contribution in [2.75, 3.05) is 12.3 Å². The highest BCUT2D eigenvalue weighted by Crippen LogP contribution is 2.37. The third-order valence-corrected chi connectivity index (χ3v) is 4.28. The van der Waals surface area contributed by atoms with Gasteiger partial charge >= 0.3 is 0 Å². The molecule has 1 aliphatic rings. The molecule has 1 heterocycles. The summed E-state index contributed by atoms with van der Waals surface area (Å²) in [4.78, 5) is 0. The molecule has 0 unspecified atom stereocenters. The van der Waals surface area contributed by atoms with Gasteiger partial charge in [-0.15, -0.1) is 0 Å². The monoisotopic (exact) mass is 159 g/mol. The van der Waals surface area contributed by atoms with Crippen LogP contribution in [0.5, 0.6) is 0 Å². The molecule has 1 rings (SSSR count). The van der Waals surface area contributed by atoms with Crippen LogP contribution in [0.15, 0.2) is 0 Å². The van der Waals surface area contributed by atoms with Gasteiger partial charge in [0.05, 0.1) is 0 Å². The number of hydrogen-bond acceptors (Lipinski definition) is 2. The largest absolute Gasteiger partial charge is 0.310 e. The highest BCUT2D eigenvalue weighted by Gasteiger charge is 2.39. The van der Waals surface area contributed by atoms with Gasteiger partial charge in [0.1, 0.15) is 0 Å². The van der Waals surface area contributed by atoms with Gasteiger partial charge in [0, 0.05) is 22.6 Å². The molecule has 1 fully saturated rings. The second-order valence-electron chi connectivity index (χ2n) is 3.91. The van der Waals surface area contributed by atoms with Gasteiger partial charge in [0.15, 0.2) is 0 Å². The Morgan fingerprint density at radius 2 is 1.80 bits per heavy atom. The first kappa shape index (κ1) is 8.41. The van der Waals surface area contributed by atoms with E-state index in [1.165, 1.54) is 5.75 Å². The molecule has 0 spiro atoms. The quantitative estimate of drug-likeness (QED) is 0.579. The predicted molar refractivity (Wildman–Crippen MR) is 48.6 cm³/mol. The molecule has 0 aromatic carbocycles. The van der Waals surface area contributed by atoms with Crippen molar-refractivity contribution in [1.82, 2.24) is 5.32 Å². The lowest BCUT2D eigenvalue weighted by Crippen LogP contribution is -2.58. The van der Waals surface area contributed by atoms with E-state index < -0.39 is 0 Å². The molecule has 0 radical (unpaired) electrons. The van der Waals surface area contributed by atoms with E-state index in [4.69, 9.17) is 0 Å². The molecule has 60 valence electrons. The normalized spacial score (nSPS) is 30.0. The van der Waals surface area contributed by atoms with Crippen molar-refractivity contribution < 1.29 is 0 Å². The van der Waals surface area contributed by atoms with E-state index in [2.05, 4.69) is 44.8 Å². The Balaban J connectivity index is 2.70. The molecule has 1 aliphatic heterocycles. The molecule has 0 bridgehead atoms. The zero-order valence-electron chi connectivity index (χ0n) is 7.32. The molecule has 0 aromatic rings. The van der Waals surface area contributed by atoms with Gasteiger partial charge in [-0.3, -0.25) is 0 Å². The molecular formula is C8H17NS. The van der Waals surface area contributed by atoms with Crippen molar-refractivity contribution in [3.05, 3.63) is 0 Å². The van der Waals surface area contributed by atoms with Crippen molar-refractivity contribution in [2.45, 2.75) is 38.0 Å². The Hall–Kier alpha value is 0.310. The summed E-state index contributed by atoms with van der Waals surface area (Å²) in [5.41, 5.74) is 0.288. The average Bonchev–Trinajstić information content (AvgIpc) is 1.77. The molecule has 1 N–H and O–H groups in total. The standard InChI is InChI=1S/C8H17NS/c1-7(2)8(3,4)10-6-5-9-7/h9H,5-6H2,1-4H3. The van der Waals surface area contributed by atoms with E-state index in [1.54, 1.807) is 0 Å². The van der Waals surface area contributed by atoms with Crippen LogP contribution in [-0.2, 0) is 0 Å². The summed E-state index contributed by atoms with van der Waals surface area (Å²) >= 11 is 2.06. The Labute approximate surface area is 68.0 Å². The van der Waals surface area contributed by atoms with Crippen molar-refractivity contribution in [3.8, 4) is 0 Å². The van der Waals surface area contributed by atoms with Gasteiger partial charge in [-0.05, 0) is 27.7 Å². The van der Waals surface area contributed by atoms with Crippen LogP contribution >= 0.6 is 11.8 Å². The first-order valence-corrected chi connectivity index (χ1v) is 4.83. The van der Waals surface area contributed by atoms with Gasteiger partial charge < -0.3 is 5.32 Å². The van der Waals surface area contributed by atoms with Crippen molar-refractivity contribution in [3.63, 3.8) is 0 Å². The lowest BCUT2D eigenvalue weighted by atomic mass is 9.89. The summed E-state index contributed by atoms with van der Waals surface area (Å²) in [5.74, 6) is 1.25. The summed E-state index contributed by atoms with van der Waals surface area (Å²) in [6, 6.07) is 0. The minimum absolute atomic E-state index is 0.288. The second-order valence-corrected chi connectivity index (χ2v) is 5.63. The summed E-state index contributed by atoms with van der Waals surface area (Å²) in [7, 11) is 0. The topological polar surface area (TPSA) is 12.0 Å². The SMILES string of the molecule is CC1(C)NCCSC1(C)C. The highest BCUT2D eigenvalue weighted by molar-refractivity contribution is 8.00. The summed E-state index contributed by atoms with van der Waals surface area (Å²) in [6.07, 6.45) is 0. The maximum absolute atomic E-state index is 3.53. The van der Waals surface area contributed by atoms with Crippen LogP contribution in [0.3, 0.4) is 0 Å². The summed E-state index contributed by atoms with van der Waals surface area (Å²) in [5, 5.41) is 3.53. The zero-order valence-corrected chi connectivity index (χ0v) is 8.14. The van der Waals surface area contributed by atoms with Crippen LogP contribution < -0.4 is 5.32 Å². The average molecular weight is 159 g/mol. The molecule has 0 amide bonds. The van der Waals surface area contributed by atoms with Gasteiger partial charge in [0.2, 0.25) is 0 Å². The fourth-order valence-electron chi connectivity index (χ4n) is 1.06. The summed E-state index contributed by atoms with van der Waals surface area (Å²) < 4.78 is 0.380. The predicted octanol–water partition coefficient (Wildman–Crippen LogP) is 1.88. The molecule has 0 saturated carbocycles. The molecule has 0 aliphatic carbocycles. The number of rotatable bonds is 0. The van der Waals surface area contributed by atoms with E-state index in [-0.39, 0.29) is 5.54 Å². The van der Waals surface area contributed by atoms with E-state index in [0.717, 1.165) is 6.54 Å². The van der Waals surface area contributed by atoms with Crippen molar-refractivity contribution in [2.24, 2.45) is 0 Å². The smallest absolute Gasteiger partial charge is 0.0280 e. The van der Waals surface area contributed by atoms with Crippen LogP contribution in [-0.4, -0.2) is 22.6 Å². The minimum atomic E-state index is 0.288. The molecule has 10 heavy (non-hydrogen) atoms. The fourth-order valence-corrected chi connectivity index (χ4v) is 2.21. The van der Waals surface area contributed by atoms with Crippen LogP contribution in [0.25, 0.3) is 0 Å². The van der Waals surface area contributed by atoms with Crippen LogP contribution in [0, 0.1) is 0 Å². The highest BCUT2D eigenvalue weighted by atomic mass is 32.2. The number of hydrogen-bond donors (Lipinski definition) is 1. The van der Waals surface area contributed by atoms with Gasteiger partial charge in [-0.25, -0.2) is 0 Å². The van der Waals surface area contributed by atoms with Gasteiger partial charge in [0.25, 0.3) is 0 Å². The van der Waals surface area contributed by atoms with Crippen molar-refractivity contribution >= 4 is 11.8 Å². The molecule has 2 heteroatoms. The molecule has 1 saturated heterocycles. The maximum atomic E-state index is 3.53. The first-order valence-electron chi connectivity index (χ1n) is 3.85. The Bertz CT molecular complexity index is 113. The zero-order chi connectivity index (χ0) is 7.83. The Kier molecular flexibility index (Phi) is 2.03. The van der Waals surface area contributed by atoms with E-state index in [9.17, 15) is 0 Å². The minimum Gasteiger partial charge on any atom is -0.310 e. The maximum Gasteiger partial charge on any atom is 0.0280 e. The Morgan fingerprint density at radius 1 is 1.20 bits per heavy atom. The number of nitrogens with one attached hydrogen (secondary N) is 1. The Morgan fingerprint density at radius 3 is 2.10 bits per heavy atom.